The van der Waals surface area contributed by atoms with Crippen molar-refractivity contribution in [3.05, 3.63) is 35.9 Å². The van der Waals surface area contributed by atoms with Gasteiger partial charge in [0.1, 0.15) is 5.78 Å². The number of benzene rings is 1. The number of nitrogens with two attached hydrogens (primary N) is 1. The van der Waals surface area contributed by atoms with E-state index in [1.807, 2.05) is 51.1 Å². The Hall–Kier alpha value is -1.73. The summed E-state index contributed by atoms with van der Waals surface area (Å²) in [5.41, 5.74) is 6.01. The van der Waals surface area contributed by atoms with Crippen LogP contribution in [0.3, 0.4) is 0 Å². The van der Waals surface area contributed by atoms with E-state index in [0.717, 1.165) is 5.56 Å². The van der Waals surface area contributed by atoms with E-state index in [9.17, 15) is 24.2 Å². The predicted octanol–water partition coefficient (Wildman–Crippen LogP) is 3.28. The van der Waals surface area contributed by atoms with Crippen LogP contribution in [-0.2, 0) is 25.1 Å². The van der Waals surface area contributed by atoms with Crippen LogP contribution in [0, 0.1) is 5.41 Å². The Labute approximate surface area is 178 Å². The molecular formula is C21H35N2O6P. The highest BCUT2D eigenvalue weighted by Gasteiger charge is 2.40. The average Bonchev–Trinajstić information content (AvgIpc) is 2.65. The molecule has 0 aliphatic carbocycles. The van der Waals surface area contributed by atoms with Crippen molar-refractivity contribution in [3.8, 4) is 0 Å². The Morgan fingerprint density at radius 3 is 2.37 bits per heavy atom. The molecule has 3 atom stereocenters. The third-order valence-corrected chi connectivity index (χ3v) is 6.14. The smallest absolute Gasteiger partial charge is 0.351 e. The molecule has 0 saturated heterocycles. The quantitative estimate of drug-likeness (QED) is 0.271. The maximum atomic E-state index is 13.0. The second-order valence-corrected chi connectivity index (χ2v) is 10.6. The van der Waals surface area contributed by atoms with E-state index in [1.54, 1.807) is 0 Å². The predicted molar refractivity (Wildman–Crippen MR) is 116 cm³/mol. The SMILES string of the molecule is CC(C)(C)CC(NC(=O)CCc1ccccc1)P(=O)(O)OC(CCCCN)C(=O)O. The lowest BCUT2D eigenvalue weighted by molar-refractivity contribution is -0.145. The van der Waals surface area contributed by atoms with E-state index in [4.69, 9.17) is 10.3 Å². The number of hydrogen-bond donors (Lipinski definition) is 4. The van der Waals surface area contributed by atoms with Crippen molar-refractivity contribution in [3.63, 3.8) is 0 Å². The standard InChI is InChI=1S/C21H35N2O6P/c1-21(2,3)15-19(23-18(24)13-12-16-9-5-4-6-10-16)30(27,28)29-17(20(25)26)11-7-8-14-22/h4-6,9-10,17,19H,7-8,11-15,22H2,1-3H3,(H,23,24)(H,25,26)(H,27,28). The van der Waals surface area contributed by atoms with E-state index in [-0.39, 0.29) is 25.2 Å². The second kappa shape index (κ2) is 12.2. The molecule has 170 valence electrons. The lowest BCUT2D eigenvalue weighted by Crippen LogP contribution is -2.39. The molecule has 0 radical (unpaired) electrons. The van der Waals surface area contributed by atoms with Crippen molar-refractivity contribution in [2.45, 2.75) is 71.2 Å². The molecule has 9 heteroatoms. The minimum absolute atomic E-state index is 0.0707. The van der Waals surface area contributed by atoms with Gasteiger partial charge in [-0.3, -0.25) is 13.9 Å². The summed E-state index contributed by atoms with van der Waals surface area (Å²) in [6.45, 7) is 6.00. The Morgan fingerprint density at radius 1 is 1.20 bits per heavy atom. The molecule has 1 aromatic rings. The first-order valence-electron chi connectivity index (χ1n) is 10.2. The third-order valence-electron chi connectivity index (χ3n) is 4.48. The van der Waals surface area contributed by atoms with Gasteiger partial charge in [0, 0.05) is 6.42 Å². The molecule has 0 bridgehead atoms. The van der Waals surface area contributed by atoms with E-state index in [1.165, 1.54) is 0 Å². The number of carbonyl (C=O) groups is 2. The zero-order valence-corrected chi connectivity index (χ0v) is 18.9. The Balaban J connectivity index is 2.85. The maximum absolute atomic E-state index is 13.0. The number of carboxylic acids is 1. The van der Waals surface area contributed by atoms with Crippen molar-refractivity contribution in [2.24, 2.45) is 11.1 Å². The van der Waals surface area contributed by atoms with Crippen LogP contribution in [0.1, 0.15) is 58.4 Å². The van der Waals surface area contributed by atoms with Crippen LogP contribution in [0.2, 0.25) is 0 Å². The van der Waals surface area contributed by atoms with Gasteiger partial charge in [-0.2, -0.15) is 0 Å². The van der Waals surface area contributed by atoms with Crippen LogP contribution in [0.25, 0.3) is 0 Å². The number of unbranched alkanes of at least 4 members (excludes halogenated alkanes) is 1. The van der Waals surface area contributed by atoms with E-state index < -0.39 is 30.9 Å². The van der Waals surface area contributed by atoms with Crippen molar-refractivity contribution in [2.75, 3.05) is 6.54 Å². The average molecular weight is 442 g/mol. The third kappa shape index (κ3) is 10.3. The molecule has 0 aromatic heterocycles. The molecule has 1 aromatic carbocycles. The van der Waals surface area contributed by atoms with Crippen LogP contribution in [0.4, 0.5) is 0 Å². The summed E-state index contributed by atoms with van der Waals surface area (Å²) in [5, 5.41) is 12.0. The molecule has 1 amide bonds. The van der Waals surface area contributed by atoms with Gasteiger partial charge in [0.15, 0.2) is 6.10 Å². The second-order valence-electron chi connectivity index (χ2n) is 8.61. The van der Waals surface area contributed by atoms with Gasteiger partial charge in [-0.25, -0.2) is 4.79 Å². The minimum Gasteiger partial charge on any atom is -0.479 e. The van der Waals surface area contributed by atoms with Crippen LogP contribution in [0.5, 0.6) is 0 Å². The highest BCUT2D eigenvalue weighted by molar-refractivity contribution is 7.53. The molecule has 0 spiro atoms. The lowest BCUT2D eigenvalue weighted by Gasteiger charge is -2.31. The monoisotopic (exact) mass is 442 g/mol. The molecule has 0 aliphatic rings. The largest absolute Gasteiger partial charge is 0.479 e. The molecule has 0 saturated carbocycles. The molecule has 30 heavy (non-hydrogen) atoms. The molecule has 5 N–H and O–H groups in total. The number of carbonyl (C=O) groups excluding carboxylic acids is 1. The normalized spacial score (nSPS) is 15.8. The van der Waals surface area contributed by atoms with Crippen LogP contribution < -0.4 is 11.1 Å². The Kier molecular flexibility index (Phi) is 10.7. The molecule has 1 rings (SSSR count). The van der Waals surface area contributed by atoms with E-state index in [2.05, 4.69) is 5.32 Å². The number of aliphatic carboxylic acids is 1. The van der Waals surface area contributed by atoms with Crippen molar-refractivity contribution in [1.82, 2.24) is 5.32 Å². The Bertz CT molecular complexity index is 720. The Morgan fingerprint density at radius 2 is 1.83 bits per heavy atom. The van der Waals surface area contributed by atoms with Crippen LogP contribution >= 0.6 is 7.60 Å². The number of rotatable bonds is 13. The van der Waals surface area contributed by atoms with Crippen molar-refractivity contribution < 1.29 is 28.7 Å². The van der Waals surface area contributed by atoms with Gasteiger partial charge in [0.25, 0.3) is 0 Å². The molecule has 8 nitrogen and oxygen atoms in total. The fourth-order valence-corrected chi connectivity index (χ4v) is 4.73. The first-order chi connectivity index (χ1) is 13.9. The first kappa shape index (κ1) is 26.3. The molecule has 0 heterocycles. The summed E-state index contributed by atoms with van der Waals surface area (Å²) >= 11 is 0. The topological polar surface area (TPSA) is 139 Å². The zero-order chi connectivity index (χ0) is 22.8. The highest BCUT2D eigenvalue weighted by atomic mass is 31.2. The highest BCUT2D eigenvalue weighted by Crippen LogP contribution is 2.51. The molecular weight excluding hydrogens is 407 g/mol. The van der Waals surface area contributed by atoms with Crippen molar-refractivity contribution >= 4 is 19.5 Å². The number of amides is 1. The van der Waals surface area contributed by atoms with Gasteiger partial charge in [-0.15, -0.1) is 0 Å². The molecule has 0 fully saturated rings. The number of carboxylic acid groups (broad SMARTS) is 1. The van der Waals surface area contributed by atoms with Gasteiger partial charge in [-0.1, -0.05) is 51.1 Å². The van der Waals surface area contributed by atoms with Crippen LogP contribution in [-0.4, -0.2) is 40.3 Å². The summed E-state index contributed by atoms with van der Waals surface area (Å²) in [5.74, 6) is -2.90. The van der Waals surface area contributed by atoms with E-state index >= 15 is 0 Å². The van der Waals surface area contributed by atoms with Gasteiger partial charge >= 0.3 is 13.6 Å². The maximum Gasteiger partial charge on any atom is 0.351 e. The van der Waals surface area contributed by atoms with Gasteiger partial charge in [0.2, 0.25) is 5.91 Å². The summed E-state index contributed by atoms with van der Waals surface area (Å²) in [6, 6.07) is 9.44. The van der Waals surface area contributed by atoms with Gasteiger partial charge in [0.05, 0.1) is 0 Å². The summed E-state index contributed by atoms with van der Waals surface area (Å²) in [6.07, 6.45) is 0.474. The van der Waals surface area contributed by atoms with Gasteiger partial charge in [-0.05, 0) is 49.6 Å². The first-order valence-corrected chi connectivity index (χ1v) is 11.9. The minimum atomic E-state index is -4.45. The number of aryl methyl sites for hydroxylation is 1. The van der Waals surface area contributed by atoms with Gasteiger partial charge < -0.3 is 21.1 Å². The van der Waals surface area contributed by atoms with Crippen molar-refractivity contribution in [1.29, 1.82) is 0 Å². The summed E-state index contributed by atoms with van der Waals surface area (Å²) < 4.78 is 18.2. The fourth-order valence-electron chi connectivity index (χ4n) is 2.94. The summed E-state index contributed by atoms with van der Waals surface area (Å²) in [4.78, 5) is 34.5. The van der Waals surface area contributed by atoms with Crippen LogP contribution in [0.15, 0.2) is 30.3 Å². The summed E-state index contributed by atoms with van der Waals surface area (Å²) in [7, 11) is -4.45. The molecule has 3 unspecified atom stereocenters. The number of nitrogens with one attached hydrogen (secondary N) is 1. The number of hydrogen-bond acceptors (Lipinski definition) is 5. The molecule has 0 aliphatic heterocycles. The van der Waals surface area contributed by atoms with E-state index in [0.29, 0.717) is 25.8 Å². The zero-order valence-electron chi connectivity index (χ0n) is 18.0. The fraction of sp³-hybridized carbons (Fsp3) is 0.619. The lowest BCUT2D eigenvalue weighted by atomic mass is 9.92.